The van der Waals surface area contributed by atoms with Crippen LogP contribution in [0.1, 0.15) is 43.2 Å². The largest absolute Gasteiger partial charge is 0.456 e. The lowest BCUT2D eigenvalue weighted by molar-refractivity contribution is 0.353. The van der Waals surface area contributed by atoms with E-state index in [1.165, 1.54) is 76.6 Å². The van der Waals surface area contributed by atoms with Crippen LogP contribution in [0, 0.1) is 0 Å². The van der Waals surface area contributed by atoms with E-state index in [1.54, 1.807) is 0 Å². The van der Waals surface area contributed by atoms with Gasteiger partial charge in [0, 0.05) is 32.9 Å². The Morgan fingerprint density at radius 3 is 1.65 bits per heavy atom. The molecule has 0 saturated heterocycles. The topological polar surface area (TPSA) is 38.9 Å². The quantitative estimate of drug-likeness (QED) is 0.179. The lowest BCUT2D eigenvalue weighted by Gasteiger charge is -2.36. The summed E-state index contributed by atoms with van der Waals surface area (Å²) < 4.78 is 6.43. The maximum Gasteiger partial charge on any atom is 0.160 e. The van der Waals surface area contributed by atoms with Crippen molar-refractivity contribution in [3.05, 3.63) is 181 Å². The number of fused-ring (bicyclic) bond motifs is 8. The number of furan rings is 1. The Kier molecular flexibility index (Phi) is 7.41. The van der Waals surface area contributed by atoms with Crippen LogP contribution in [0.3, 0.4) is 0 Å². The molecule has 9 aromatic rings. The molecule has 2 aliphatic rings. The van der Waals surface area contributed by atoms with Crippen molar-refractivity contribution in [2.75, 3.05) is 0 Å². The van der Waals surface area contributed by atoms with Gasteiger partial charge in [0.15, 0.2) is 5.82 Å². The number of nitrogens with zero attached hydrogens (tertiary/aromatic N) is 2. The van der Waals surface area contributed by atoms with Gasteiger partial charge >= 0.3 is 0 Å². The molecule has 262 valence electrons. The summed E-state index contributed by atoms with van der Waals surface area (Å²) in [7, 11) is 0. The highest BCUT2D eigenvalue weighted by molar-refractivity contribution is 6.07. The summed E-state index contributed by atoms with van der Waals surface area (Å²) in [6.45, 7) is 0. The molecule has 1 saturated carbocycles. The fourth-order valence-corrected chi connectivity index (χ4v) is 9.38. The standard InChI is InChI=1S/C52H38N2O/c1-4-12-34(13-5-1)35-18-20-36(21-19-35)47-33-48(54-51(53-47)37-14-6-2-7-15-37)40-24-27-50-44(32-40)43-31-39(23-26-49(43)55-50)38-22-25-46-42(30-38)41-16-8-9-17-45(41)52(46)28-10-3-11-29-52/h1-2,4-9,12-27,30-33H,3,10-11,28-29H2. The average molecular weight is 707 g/mol. The van der Waals surface area contributed by atoms with Crippen molar-refractivity contribution in [1.82, 2.24) is 9.97 Å². The van der Waals surface area contributed by atoms with Gasteiger partial charge in [-0.05, 0) is 99.8 Å². The normalized spacial score (nSPS) is 14.3. The molecule has 0 atom stereocenters. The van der Waals surface area contributed by atoms with Gasteiger partial charge in [0.1, 0.15) is 11.2 Å². The van der Waals surface area contributed by atoms with Gasteiger partial charge in [0.2, 0.25) is 0 Å². The second-order valence-corrected chi connectivity index (χ2v) is 15.2. The van der Waals surface area contributed by atoms with Crippen LogP contribution in [0.2, 0.25) is 0 Å². The molecule has 3 nitrogen and oxygen atoms in total. The van der Waals surface area contributed by atoms with Gasteiger partial charge in [-0.1, -0.05) is 147 Å². The summed E-state index contributed by atoms with van der Waals surface area (Å²) >= 11 is 0. The molecular formula is C52H38N2O. The van der Waals surface area contributed by atoms with E-state index in [0.717, 1.165) is 50.0 Å². The number of hydrogen-bond acceptors (Lipinski definition) is 3. The maximum absolute atomic E-state index is 6.43. The summed E-state index contributed by atoms with van der Waals surface area (Å²) in [5.74, 6) is 0.702. The van der Waals surface area contributed by atoms with E-state index >= 15 is 0 Å². The van der Waals surface area contributed by atoms with Crippen molar-refractivity contribution in [2.45, 2.75) is 37.5 Å². The van der Waals surface area contributed by atoms with Crippen molar-refractivity contribution < 1.29 is 4.42 Å². The Morgan fingerprint density at radius 1 is 0.382 bits per heavy atom. The van der Waals surface area contributed by atoms with Crippen LogP contribution in [0.15, 0.2) is 174 Å². The van der Waals surface area contributed by atoms with Gasteiger partial charge in [-0.3, -0.25) is 0 Å². The van der Waals surface area contributed by atoms with E-state index in [-0.39, 0.29) is 5.41 Å². The highest BCUT2D eigenvalue weighted by atomic mass is 16.3. The molecule has 7 aromatic carbocycles. The van der Waals surface area contributed by atoms with E-state index in [0.29, 0.717) is 5.82 Å². The summed E-state index contributed by atoms with van der Waals surface area (Å²) in [5.41, 5.74) is 17.4. The van der Waals surface area contributed by atoms with Gasteiger partial charge in [-0.2, -0.15) is 0 Å². The summed E-state index contributed by atoms with van der Waals surface area (Å²) in [4.78, 5) is 10.2. The lowest BCUT2D eigenvalue weighted by Crippen LogP contribution is -2.27. The first-order valence-corrected chi connectivity index (χ1v) is 19.5. The first-order valence-electron chi connectivity index (χ1n) is 19.5. The molecule has 0 bridgehead atoms. The molecule has 55 heavy (non-hydrogen) atoms. The molecule has 0 radical (unpaired) electrons. The number of hydrogen-bond donors (Lipinski definition) is 0. The predicted octanol–water partition coefficient (Wildman–Crippen LogP) is 13.9. The van der Waals surface area contributed by atoms with Crippen LogP contribution in [-0.4, -0.2) is 9.97 Å². The Labute approximate surface area is 321 Å². The lowest BCUT2D eigenvalue weighted by atomic mass is 9.68. The Bertz CT molecular complexity index is 2880. The van der Waals surface area contributed by atoms with E-state index < -0.39 is 0 Å². The first-order chi connectivity index (χ1) is 27.2. The second-order valence-electron chi connectivity index (χ2n) is 15.2. The molecule has 2 heterocycles. The maximum atomic E-state index is 6.43. The minimum atomic E-state index is 0.163. The monoisotopic (exact) mass is 706 g/mol. The number of aromatic nitrogens is 2. The molecule has 11 rings (SSSR count). The summed E-state index contributed by atoms with van der Waals surface area (Å²) in [6.07, 6.45) is 6.42. The zero-order valence-corrected chi connectivity index (χ0v) is 30.5. The second kappa shape index (κ2) is 12.8. The third kappa shape index (κ3) is 5.33. The minimum Gasteiger partial charge on any atom is -0.456 e. The fourth-order valence-electron chi connectivity index (χ4n) is 9.38. The van der Waals surface area contributed by atoms with Gasteiger partial charge in [0.05, 0.1) is 11.4 Å². The van der Waals surface area contributed by atoms with Crippen LogP contribution in [0.25, 0.3) is 89.2 Å². The van der Waals surface area contributed by atoms with Crippen molar-refractivity contribution in [1.29, 1.82) is 0 Å². The third-order valence-corrected chi connectivity index (χ3v) is 12.1. The molecule has 0 N–H and O–H groups in total. The zero-order valence-electron chi connectivity index (χ0n) is 30.5. The van der Waals surface area contributed by atoms with Crippen molar-refractivity contribution in [3.8, 4) is 67.3 Å². The molecule has 0 aliphatic heterocycles. The fraction of sp³-hybridized carbons (Fsp3) is 0.115. The van der Waals surface area contributed by atoms with Gasteiger partial charge in [0.25, 0.3) is 0 Å². The molecule has 0 amide bonds. The van der Waals surface area contributed by atoms with Crippen LogP contribution in [0.5, 0.6) is 0 Å². The zero-order chi connectivity index (χ0) is 36.3. The van der Waals surface area contributed by atoms with E-state index in [9.17, 15) is 0 Å². The number of benzene rings is 7. The van der Waals surface area contributed by atoms with Gasteiger partial charge in [-0.25, -0.2) is 9.97 Å². The highest BCUT2D eigenvalue weighted by Gasteiger charge is 2.43. The molecule has 2 aromatic heterocycles. The molecule has 2 aliphatic carbocycles. The molecule has 1 fully saturated rings. The minimum absolute atomic E-state index is 0.163. The molecule has 1 spiro atoms. The van der Waals surface area contributed by atoms with E-state index in [2.05, 4.69) is 146 Å². The van der Waals surface area contributed by atoms with Crippen LogP contribution in [-0.2, 0) is 5.41 Å². The SMILES string of the molecule is c1ccc(-c2ccc(-c3cc(-c4ccc5oc6ccc(-c7ccc8c(c7)-c7ccccc7C87CCCCC7)cc6c5c4)nc(-c4ccccc4)n3)cc2)cc1. The number of rotatable bonds is 5. The third-order valence-electron chi connectivity index (χ3n) is 12.1. The Hall–Kier alpha value is -6.58. The van der Waals surface area contributed by atoms with Crippen LogP contribution < -0.4 is 0 Å². The van der Waals surface area contributed by atoms with Crippen LogP contribution in [0.4, 0.5) is 0 Å². The summed E-state index contributed by atoms with van der Waals surface area (Å²) in [6, 6.07) is 60.9. The smallest absolute Gasteiger partial charge is 0.160 e. The van der Waals surface area contributed by atoms with Crippen LogP contribution >= 0.6 is 0 Å². The van der Waals surface area contributed by atoms with Crippen molar-refractivity contribution in [2.24, 2.45) is 0 Å². The highest BCUT2D eigenvalue weighted by Crippen LogP contribution is 2.56. The van der Waals surface area contributed by atoms with Crippen molar-refractivity contribution >= 4 is 21.9 Å². The Balaban J connectivity index is 1.00. The van der Waals surface area contributed by atoms with Gasteiger partial charge in [-0.15, -0.1) is 0 Å². The predicted molar refractivity (Wildman–Crippen MR) is 226 cm³/mol. The molecule has 3 heteroatoms. The van der Waals surface area contributed by atoms with E-state index in [1.807, 2.05) is 24.3 Å². The van der Waals surface area contributed by atoms with Gasteiger partial charge < -0.3 is 4.42 Å². The van der Waals surface area contributed by atoms with Crippen molar-refractivity contribution in [3.63, 3.8) is 0 Å². The van der Waals surface area contributed by atoms with E-state index in [4.69, 9.17) is 14.4 Å². The molecular weight excluding hydrogens is 669 g/mol. The first kappa shape index (κ1) is 31.9. The molecule has 0 unspecified atom stereocenters. The summed E-state index contributed by atoms with van der Waals surface area (Å²) in [5, 5.41) is 2.18. The average Bonchev–Trinajstić information content (AvgIpc) is 3.76. The Morgan fingerprint density at radius 2 is 0.909 bits per heavy atom.